The number of hydrogen-bond acceptors (Lipinski definition) is 2. The summed E-state index contributed by atoms with van der Waals surface area (Å²) >= 11 is 6.72. The average Bonchev–Trinajstić information content (AvgIpc) is 2.42. The summed E-state index contributed by atoms with van der Waals surface area (Å²) in [4.78, 5) is 12.1. The van der Waals surface area contributed by atoms with Gasteiger partial charge < -0.3 is 10.1 Å². The molecule has 0 aliphatic heterocycles. The second kappa shape index (κ2) is 6.21. The highest BCUT2D eigenvalue weighted by molar-refractivity contribution is 9.11. The van der Waals surface area contributed by atoms with Gasteiger partial charge in [-0.2, -0.15) is 0 Å². The van der Waals surface area contributed by atoms with Crippen LogP contribution in [0.15, 0.2) is 51.4 Å². The van der Waals surface area contributed by atoms with Gasteiger partial charge in [0.25, 0.3) is 5.91 Å². The van der Waals surface area contributed by atoms with E-state index in [2.05, 4.69) is 37.2 Å². The molecule has 0 radical (unpaired) electrons. The summed E-state index contributed by atoms with van der Waals surface area (Å²) in [5, 5.41) is 2.83. The first-order chi connectivity index (χ1) is 9.10. The van der Waals surface area contributed by atoms with Crippen LogP contribution in [0, 0.1) is 0 Å². The van der Waals surface area contributed by atoms with Crippen LogP contribution in [-0.4, -0.2) is 13.0 Å². The van der Waals surface area contributed by atoms with Gasteiger partial charge in [0.05, 0.1) is 12.7 Å². The molecule has 0 saturated carbocycles. The van der Waals surface area contributed by atoms with Crippen molar-refractivity contribution in [3.05, 3.63) is 57.0 Å². The number of anilines is 1. The Morgan fingerprint density at radius 2 is 1.79 bits per heavy atom. The Balaban J connectivity index is 2.18. The molecule has 1 N–H and O–H groups in total. The molecule has 5 heteroatoms. The average molecular weight is 385 g/mol. The molecule has 0 bridgehead atoms. The van der Waals surface area contributed by atoms with Crippen molar-refractivity contribution in [3.8, 4) is 5.75 Å². The third kappa shape index (κ3) is 3.58. The fourth-order valence-electron chi connectivity index (χ4n) is 1.54. The largest absolute Gasteiger partial charge is 0.497 e. The van der Waals surface area contributed by atoms with E-state index in [1.54, 1.807) is 37.4 Å². The summed E-state index contributed by atoms with van der Waals surface area (Å²) in [6, 6.07) is 12.6. The van der Waals surface area contributed by atoms with Crippen molar-refractivity contribution in [2.45, 2.75) is 0 Å². The highest BCUT2D eigenvalue weighted by atomic mass is 79.9. The number of halogens is 2. The summed E-state index contributed by atoms with van der Waals surface area (Å²) in [6.45, 7) is 0. The minimum absolute atomic E-state index is 0.168. The molecule has 19 heavy (non-hydrogen) atoms. The Morgan fingerprint density at radius 3 is 2.42 bits per heavy atom. The number of carbonyl (C=O) groups excluding carboxylic acids is 1. The zero-order chi connectivity index (χ0) is 13.8. The molecule has 0 aromatic heterocycles. The van der Waals surface area contributed by atoms with E-state index in [4.69, 9.17) is 4.74 Å². The molecule has 1 amide bonds. The zero-order valence-electron chi connectivity index (χ0n) is 10.1. The summed E-state index contributed by atoms with van der Waals surface area (Å²) in [6.07, 6.45) is 0. The first-order valence-electron chi connectivity index (χ1n) is 5.50. The normalized spacial score (nSPS) is 10.1. The van der Waals surface area contributed by atoms with E-state index in [1.165, 1.54) is 0 Å². The molecule has 0 unspecified atom stereocenters. The topological polar surface area (TPSA) is 38.3 Å². The van der Waals surface area contributed by atoms with E-state index in [-0.39, 0.29) is 5.91 Å². The summed E-state index contributed by atoms with van der Waals surface area (Å²) in [7, 11) is 1.60. The maximum Gasteiger partial charge on any atom is 0.256 e. The Labute approximate surface area is 128 Å². The van der Waals surface area contributed by atoms with Gasteiger partial charge in [-0.3, -0.25) is 4.79 Å². The molecule has 0 spiro atoms. The van der Waals surface area contributed by atoms with E-state index < -0.39 is 0 Å². The van der Waals surface area contributed by atoms with Crippen molar-refractivity contribution in [3.63, 3.8) is 0 Å². The van der Waals surface area contributed by atoms with Gasteiger partial charge in [0.1, 0.15) is 5.75 Å². The molecule has 0 fully saturated rings. The number of nitrogens with one attached hydrogen (secondary N) is 1. The van der Waals surface area contributed by atoms with Crippen LogP contribution in [0.1, 0.15) is 10.4 Å². The number of ether oxygens (including phenoxy) is 1. The lowest BCUT2D eigenvalue weighted by molar-refractivity contribution is 0.102. The molecule has 98 valence electrons. The van der Waals surface area contributed by atoms with Gasteiger partial charge >= 0.3 is 0 Å². The number of amides is 1. The summed E-state index contributed by atoms with van der Waals surface area (Å²) in [5.41, 5.74) is 1.29. The van der Waals surface area contributed by atoms with Gasteiger partial charge in [0.2, 0.25) is 0 Å². The van der Waals surface area contributed by atoms with E-state index in [0.717, 1.165) is 20.4 Å². The lowest BCUT2D eigenvalue weighted by atomic mass is 10.2. The number of carbonyl (C=O) groups is 1. The summed E-state index contributed by atoms with van der Waals surface area (Å²) < 4.78 is 6.68. The van der Waals surface area contributed by atoms with Crippen LogP contribution < -0.4 is 10.1 Å². The van der Waals surface area contributed by atoms with Crippen LogP contribution >= 0.6 is 31.9 Å². The predicted molar refractivity (Wildman–Crippen MR) is 82.8 cm³/mol. The molecule has 0 saturated heterocycles. The van der Waals surface area contributed by atoms with Crippen molar-refractivity contribution in [2.75, 3.05) is 12.4 Å². The molecule has 2 aromatic rings. The quantitative estimate of drug-likeness (QED) is 0.847. The first kappa shape index (κ1) is 14.1. The zero-order valence-corrected chi connectivity index (χ0v) is 13.3. The van der Waals surface area contributed by atoms with Crippen molar-refractivity contribution >= 4 is 43.5 Å². The predicted octanol–water partition coefficient (Wildman–Crippen LogP) is 4.47. The van der Waals surface area contributed by atoms with Crippen molar-refractivity contribution < 1.29 is 9.53 Å². The van der Waals surface area contributed by atoms with Gasteiger partial charge in [0.15, 0.2) is 0 Å². The van der Waals surface area contributed by atoms with Gasteiger partial charge in [-0.25, -0.2) is 0 Å². The van der Waals surface area contributed by atoms with E-state index in [0.29, 0.717) is 5.56 Å². The van der Waals surface area contributed by atoms with Gasteiger partial charge in [-0.1, -0.05) is 15.9 Å². The van der Waals surface area contributed by atoms with Crippen molar-refractivity contribution in [2.24, 2.45) is 0 Å². The van der Waals surface area contributed by atoms with Crippen molar-refractivity contribution in [1.82, 2.24) is 0 Å². The number of benzene rings is 2. The Hall–Kier alpha value is -1.33. The Kier molecular flexibility index (Phi) is 4.61. The Bertz CT molecular complexity index is 597. The lowest BCUT2D eigenvalue weighted by Gasteiger charge is -2.08. The maximum atomic E-state index is 12.1. The number of methoxy groups -OCH3 is 1. The van der Waals surface area contributed by atoms with Crippen LogP contribution in [-0.2, 0) is 0 Å². The molecule has 0 aliphatic carbocycles. The van der Waals surface area contributed by atoms with Crippen LogP contribution in [0.5, 0.6) is 5.75 Å². The lowest BCUT2D eigenvalue weighted by Crippen LogP contribution is -2.12. The van der Waals surface area contributed by atoms with E-state index in [1.807, 2.05) is 12.1 Å². The second-order valence-corrected chi connectivity index (χ2v) is 5.58. The smallest absolute Gasteiger partial charge is 0.256 e. The Morgan fingerprint density at radius 1 is 1.11 bits per heavy atom. The summed E-state index contributed by atoms with van der Waals surface area (Å²) in [5.74, 6) is 0.583. The van der Waals surface area contributed by atoms with Crippen LogP contribution in [0.2, 0.25) is 0 Å². The maximum absolute atomic E-state index is 12.1. The van der Waals surface area contributed by atoms with Crippen molar-refractivity contribution in [1.29, 1.82) is 0 Å². The number of rotatable bonds is 3. The minimum atomic E-state index is -0.168. The van der Waals surface area contributed by atoms with Crippen LogP contribution in [0.3, 0.4) is 0 Å². The monoisotopic (exact) mass is 383 g/mol. The fraction of sp³-hybridized carbons (Fsp3) is 0.0714. The van der Waals surface area contributed by atoms with Gasteiger partial charge in [-0.05, 0) is 58.4 Å². The highest BCUT2D eigenvalue weighted by Crippen LogP contribution is 2.23. The van der Waals surface area contributed by atoms with Gasteiger partial charge in [-0.15, -0.1) is 0 Å². The third-order valence-electron chi connectivity index (χ3n) is 2.52. The van der Waals surface area contributed by atoms with E-state index in [9.17, 15) is 4.79 Å². The fourth-order valence-corrected chi connectivity index (χ4v) is 2.33. The molecule has 0 aliphatic rings. The first-order valence-corrected chi connectivity index (χ1v) is 7.09. The molecule has 2 rings (SSSR count). The number of hydrogen-bond donors (Lipinski definition) is 1. The molecule has 0 atom stereocenters. The van der Waals surface area contributed by atoms with Gasteiger partial charge in [0, 0.05) is 14.6 Å². The third-order valence-corrected chi connectivity index (χ3v) is 3.71. The van der Waals surface area contributed by atoms with E-state index >= 15 is 0 Å². The molecular formula is C14H11Br2NO2. The highest BCUT2D eigenvalue weighted by Gasteiger charge is 2.10. The minimum Gasteiger partial charge on any atom is -0.497 e. The second-order valence-electron chi connectivity index (χ2n) is 3.81. The molecule has 0 heterocycles. The standard InChI is InChI=1S/C14H11Br2NO2/c1-19-11-5-3-10(4-6-11)17-14(18)12-8-9(15)2-7-13(12)16/h2-8H,1H3,(H,17,18). The molecule has 3 nitrogen and oxygen atoms in total. The van der Waals surface area contributed by atoms with Crippen LogP contribution in [0.4, 0.5) is 5.69 Å². The molecular weight excluding hydrogens is 374 g/mol. The SMILES string of the molecule is COc1ccc(NC(=O)c2cc(Br)ccc2Br)cc1. The molecule has 2 aromatic carbocycles. The van der Waals surface area contributed by atoms with Crippen LogP contribution in [0.25, 0.3) is 0 Å².